The summed E-state index contributed by atoms with van der Waals surface area (Å²) in [5.74, 6) is 2.10. The van der Waals surface area contributed by atoms with E-state index in [0.717, 1.165) is 36.8 Å². The molecule has 0 amide bonds. The molecule has 0 bridgehead atoms. The Labute approximate surface area is 149 Å². The smallest absolute Gasteiger partial charge is 0.229 e. The van der Waals surface area contributed by atoms with Crippen LogP contribution in [0.4, 0.5) is 11.4 Å². The number of hydrogen-bond donors (Lipinski definition) is 1. The van der Waals surface area contributed by atoms with Crippen molar-refractivity contribution >= 4 is 23.8 Å². The lowest BCUT2D eigenvalue weighted by atomic mass is 9.89. The second-order valence-corrected chi connectivity index (χ2v) is 6.75. The first kappa shape index (κ1) is 17.1. The Morgan fingerprint density at radius 1 is 1.17 bits per heavy atom. The lowest BCUT2D eigenvalue weighted by molar-refractivity contribution is 0.312. The van der Waals surface area contributed by atoms with Crippen molar-refractivity contribution in [3.05, 3.63) is 35.5 Å². The van der Waals surface area contributed by atoms with Gasteiger partial charge in [0.25, 0.3) is 0 Å². The van der Waals surface area contributed by atoms with Gasteiger partial charge in [-0.1, -0.05) is 30.5 Å². The zero-order valence-electron chi connectivity index (χ0n) is 13.9. The van der Waals surface area contributed by atoms with Crippen molar-refractivity contribution in [3.8, 4) is 0 Å². The van der Waals surface area contributed by atoms with E-state index in [4.69, 9.17) is 10.3 Å². The second-order valence-electron chi connectivity index (χ2n) is 6.75. The number of nitrogens with two attached hydrogens (primary N) is 1. The Balaban J connectivity index is 0.00000169. The van der Waals surface area contributed by atoms with Crippen LogP contribution in [0.2, 0.25) is 0 Å². The van der Waals surface area contributed by atoms with E-state index in [2.05, 4.69) is 21.1 Å². The molecule has 5 nitrogen and oxygen atoms in total. The van der Waals surface area contributed by atoms with Gasteiger partial charge in [0.15, 0.2) is 5.82 Å². The summed E-state index contributed by atoms with van der Waals surface area (Å²) in [7, 11) is 0. The topological polar surface area (TPSA) is 68.2 Å². The summed E-state index contributed by atoms with van der Waals surface area (Å²) in [6.45, 7) is 1.72. The fourth-order valence-corrected chi connectivity index (χ4v) is 3.91. The molecule has 0 spiro atoms. The van der Waals surface area contributed by atoms with Crippen LogP contribution in [0.3, 0.4) is 0 Å². The third-order valence-corrected chi connectivity index (χ3v) is 5.15. The maximum atomic E-state index is 6.12. The van der Waals surface area contributed by atoms with Crippen molar-refractivity contribution in [1.29, 1.82) is 0 Å². The van der Waals surface area contributed by atoms with E-state index < -0.39 is 0 Å². The molecule has 1 saturated carbocycles. The molecule has 0 radical (unpaired) electrons. The molecule has 2 N–H and O–H groups in total. The largest absolute Gasteiger partial charge is 0.398 e. The quantitative estimate of drug-likeness (QED) is 0.846. The van der Waals surface area contributed by atoms with Crippen LogP contribution in [0.1, 0.15) is 61.7 Å². The van der Waals surface area contributed by atoms with Gasteiger partial charge in [0.2, 0.25) is 5.89 Å². The lowest BCUT2D eigenvalue weighted by Gasteiger charge is -2.31. The summed E-state index contributed by atoms with van der Waals surface area (Å²) in [6, 6.07) is 6.15. The number of anilines is 2. The molecule has 2 aliphatic rings. The monoisotopic (exact) mass is 348 g/mol. The molecule has 0 unspecified atom stereocenters. The zero-order chi connectivity index (χ0) is 15.6. The molecule has 4 rings (SSSR count). The summed E-state index contributed by atoms with van der Waals surface area (Å²) in [4.78, 5) is 7.00. The zero-order valence-corrected chi connectivity index (χ0v) is 14.7. The molecular weight excluding hydrogens is 324 g/mol. The average molecular weight is 349 g/mol. The van der Waals surface area contributed by atoms with Crippen LogP contribution in [-0.4, -0.2) is 16.7 Å². The first-order chi connectivity index (χ1) is 11.3. The highest BCUT2D eigenvalue weighted by molar-refractivity contribution is 5.85. The van der Waals surface area contributed by atoms with Crippen molar-refractivity contribution in [3.63, 3.8) is 0 Å². The summed E-state index contributed by atoms with van der Waals surface area (Å²) in [5.41, 5.74) is 9.50. The number of fused-ring (bicyclic) bond motifs is 1. The molecule has 2 heterocycles. The Morgan fingerprint density at radius 3 is 2.83 bits per heavy atom. The SMILES string of the molecule is Cl.Nc1cccc2c1CCCN2Cc1noc(C2CCCCC2)n1. The highest BCUT2D eigenvalue weighted by Crippen LogP contribution is 2.33. The summed E-state index contributed by atoms with van der Waals surface area (Å²) in [5, 5.41) is 4.22. The molecule has 0 atom stereocenters. The average Bonchev–Trinajstić information content (AvgIpc) is 3.05. The molecule has 1 aliphatic heterocycles. The van der Waals surface area contributed by atoms with Gasteiger partial charge < -0.3 is 15.2 Å². The van der Waals surface area contributed by atoms with Crippen LogP contribution in [0.5, 0.6) is 0 Å². The predicted molar refractivity (Wildman–Crippen MR) is 97.6 cm³/mol. The van der Waals surface area contributed by atoms with E-state index >= 15 is 0 Å². The first-order valence-corrected chi connectivity index (χ1v) is 8.76. The van der Waals surface area contributed by atoms with Gasteiger partial charge in [0.1, 0.15) is 0 Å². The predicted octanol–water partition coefficient (Wildman–Crippen LogP) is 4.07. The molecule has 1 aromatic carbocycles. The van der Waals surface area contributed by atoms with Gasteiger partial charge in [0.05, 0.1) is 6.54 Å². The maximum Gasteiger partial charge on any atom is 0.229 e. The number of benzene rings is 1. The van der Waals surface area contributed by atoms with Gasteiger partial charge in [-0.25, -0.2) is 0 Å². The third-order valence-electron chi connectivity index (χ3n) is 5.15. The first-order valence-electron chi connectivity index (χ1n) is 8.76. The maximum absolute atomic E-state index is 6.12. The molecule has 6 heteroatoms. The van der Waals surface area contributed by atoms with Gasteiger partial charge in [-0.05, 0) is 43.4 Å². The van der Waals surface area contributed by atoms with Crippen LogP contribution < -0.4 is 10.6 Å². The van der Waals surface area contributed by atoms with Crippen LogP contribution in [0.25, 0.3) is 0 Å². The normalized spacial score (nSPS) is 18.1. The van der Waals surface area contributed by atoms with E-state index in [0.29, 0.717) is 12.5 Å². The number of hydrogen-bond acceptors (Lipinski definition) is 5. The van der Waals surface area contributed by atoms with Crippen LogP contribution in [0.15, 0.2) is 22.7 Å². The number of aromatic nitrogens is 2. The number of nitrogens with zero attached hydrogens (tertiary/aromatic N) is 3. The molecular formula is C18H25ClN4O. The highest BCUT2D eigenvalue weighted by Gasteiger charge is 2.24. The van der Waals surface area contributed by atoms with Crippen molar-refractivity contribution in [2.24, 2.45) is 0 Å². The minimum atomic E-state index is 0. The van der Waals surface area contributed by atoms with Crippen LogP contribution >= 0.6 is 12.4 Å². The number of rotatable bonds is 3. The fourth-order valence-electron chi connectivity index (χ4n) is 3.91. The minimum absolute atomic E-state index is 0. The number of nitrogen functional groups attached to an aromatic ring is 1. The molecule has 1 aliphatic carbocycles. The Morgan fingerprint density at radius 2 is 2.00 bits per heavy atom. The van der Waals surface area contributed by atoms with Crippen molar-refractivity contribution in [1.82, 2.24) is 10.1 Å². The third kappa shape index (κ3) is 3.36. The van der Waals surface area contributed by atoms with Crippen molar-refractivity contribution < 1.29 is 4.52 Å². The van der Waals surface area contributed by atoms with E-state index in [-0.39, 0.29) is 12.4 Å². The van der Waals surface area contributed by atoms with E-state index in [1.807, 2.05) is 12.1 Å². The Hall–Kier alpha value is -1.75. The molecule has 24 heavy (non-hydrogen) atoms. The van der Waals surface area contributed by atoms with Crippen LogP contribution in [-0.2, 0) is 13.0 Å². The van der Waals surface area contributed by atoms with Gasteiger partial charge in [-0.3, -0.25) is 0 Å². The Bertz CT molecular complexity index is 681. The molecule has 130 valence electrons. The van der Waals surface area contributed by atoms with E-state index in [9.17, 15) is 0 Å². The van der Waals surface area contributed by atoms with E-state index in [1.54, 1.807) is 0 Å². The lowest BCUT2D eigenvalue weighted by Crippen LogP contribution is -2.29. The standard InChI is InChI=1S/C18H24N4O.ClH/c19-15-9-4-10-16-14(15)8-5-11-22(16)12-17-20-18(23-21-17)13-6-2-1-3-7-13;/h4,9-10,13H,1-3,5-8,11-12,19H2;1H. The summed E-state index contributed by atoms with van der Waals surface area (Å²) < 4.78 is 5.54. The number of halogens is 1. The van der Waals surface area contributed by atoms with Gasteiger partial charge in [-0.2, -0.15) is 4.98 Å². The molecule has 2 aromatic rings. The van der Waals surface area contributed by atoms with Gasteiger partial charge >= 0.3 is 0 Å². The second kappa shape index (κ2) is 7.43. The summed E-state index contributed by atoms with van der Waals surface area (Å²) >= 11 is 0. The van der Waals surface area contributed by atoms with Gasteiger partial charge in [0, 0.05) is 23.8 Å². The van der Waals surface area contributed by atoms with Crippen LogP contribution in [0, 0.1) is 0 Å². The Kier molecular flexibility index (Phi) is 5.29. The highest BCUT2D eigenvalue weighted by atomic mass is 35.5. The van der Waals surface area contributed by atoms with Crippen molar-refractivity contribution in [2.45, 2.75) is 57.4 Å². The molecule has 1 fully saturated rings. The fraction of sp³-hybridized carbons (Fsp3) is 0.556. The minimum Gasteiger partial charge on any atom is -0.398 e. The molecule has 0 saturated heterocycles. The molecule has 1 aromatic heterocycles. The van der Waals surface area contributed by atoms with Gasteiger partial charge in [-0.15, -0.1) is 12.4 Å². The summed E-state index contributed by atoms with van der Waals surface area (Å²) in [6.07, 6.45) is 8.44. The van der Waals surface area contributed by atoms with E-state index in [1.165, 1.54) is 43.4 Å². The van der Waals surface area contributed by atoms with Crippen molar-refractivity contribution in [2.75, 3.05) is 17.2 Å².